The lowest BCUT2D eigenvalue weighted by atomic mass is 9.98. The normalized spacial score (nSPS) is 13.6. The van der Waals surface area contributed by atoms with E-state index in [-0.39, 0.29) is 5.91 Å². The van der Waals surface area contributed by atoms with E-state index in [1.54, 1.807) is 14.2 Å². The molecular formula is C18H28N2O3. The van der Waals surface area contributed by atoms with Crippen molar-refractivity contribution in [2.24, 2.45) is 0 Å². The molecule has 5 heteroatoms. The molecule has 23 heavy (non-hydrogen) atoms. The number of amides is 1. The third-order valence-electron chi connectivity index (χ3n) is 4.30. The van der Waals surface area contributed by atoms with Crippen LogP contribution in [0.1, 0.15) is 37.3 Å². The summed E-state index contributed by atoms with van der Waals surface area (Å²) in [7, 11) is 3.28. The number of methoxy groups -OCH3 is 2. The molecule has 0 saturated carbocycles. The second kappa shape index (κ2) is 8.77. The number of hydrogen-bond acceptors (Lipinski definition) is 4. The van der Waals surface area contributed by atoms with Gasteiger partial charge >= 0.3 is 0 Å². The number of unbranched alkanes of at least 4 members (excludes halogenated alkanes) is 2. The summed E-state index contributed by atoms with van der Waals surface area (Å²) in [6, 6.07) is 4.02. The van der Waals surface area contributed by atoms with Crippen LogP contribution in [0.3, 0.4) is 0 Å². The van der Waals surface area contributed by atoms with Crippen LogP contribution in [0.25, 0.3) is 0 Å². The molecule has 0 unspecified atom stereocenters. The summed E-state index contributed by atoms with van der Waals surface area (Å²) >= 11 is 0. The van der Waals surface area contributed by atoms with Gasteiger partial charge in [-0.15, -0.1) is 0 Å². The molecule has 1 aromatic rings. The van der Waals surface area contributed by atoms with E-state index in [2.05, 4.69) is 12.2 Å². The third-order valence-corrected chi connectivity index (χ3v) is 4.30. The van der Waals surface area contributed by atoms with Crippen molar-refractivity contribution in [3.8, 4) is 11.5 Å². The van der Waals surface area contributed by atoms with Crippen LogP contribution in [-0.4, -0.2) is 44.7 Å². The summed E-state index contributed by atoms with van der Waals surface area (Å²) in [5.74, 6) is 1.64. The minimum absolute atomic E-state index is 0.168. The van der Waals surface area contributed by atoms with Crippen molar-refractivity contribution in [1.29, 1.82) is 0 Å². The number of nitrogens with one attached hydrogen (secondary N) is 1. The Hall–Kier alpha value is -1.75. The second-order valence-electron chi connectivity index (χ2n) is 5.93. The van der Waals surface area contributed by atoms with Crippen LogP contribution in [-0.2, 0) is 17.8 Å². The van der Waals surface area contributed by atoms with Crippen LogP contribution < -0.4 is 14.8 Å². The van der Waals surface area contributed by atoms with Gasteiger partial charge in [0, 0.05) is 13.1 Å². The summed E-state index contributed by atoms with van der Waals surface area (Å²) in [6.45, 7) is 4.92. The van der Waals surface area contributed by atoms with Crippen molar-refractivity contribution in [2.45, 2.75) is 39.2 Å². The predicted molar refractivity (Wildman–Crippen MR) is 91.1 cm³/mol. The molecule has 0 spiro atoms. The predicted octanol–water partition coefficient (Wildman–Crippen LogP) is 2.37. The zero-order valence-electron chi connectivity index (χ0n) is 14.5. The second-order valence-corrected chi connectivity index (χ2v) is 5.93. The molecule has 5 nitrogen and oxygen atoms in total. The Morgan fingerprint density at radius 3 is 2.52 bits per heavy atom. The van der Waals surface area contributed by atoms with Crippen LogP contribution in [0.5, 0.6) is 11.5 Å². The van der Waals surface area contributed by atoms with Crippen molar-refractivity contribution in [2.75, 3.05) is 33.9 Å². The molecule has 0 radical (unpaired) electrons. The van der Waals surface area contributed by atoms with E-state index in [1.165, 1.54) is 18.4 Å². The van der Waals surface area contributed by atoms with Crippen LogP contribution in [0.4, 0.5) is 0 Å². The first kappa shape index (κ1) is 17.6. The lowest BCUT2D eigenvalue weighted by Gasteiger charge is -2.29. The van der Waals surface area contributed by atoms with Crippen LogP contribution in [0.2, 0.25) is 0 Å². The van der Waals surface area contributed by atoms with E-state index in [0.29, 0.717) is 13.1 Å². The molecule has 1 aliphatic heterocycles. The number of rotatable bonds is 8. The minimum Gasteiger partial charge on any atom is -0.493 e. The van der Waals surface area contributed by atoms with Gasteiger partial charge in [0.25, 0.3) is 0 Å². The lowest BCUT2D eigenvalue weighted by Crippen LogP contribution is -2.41. The fourth-order valence-corrected chi connectivity index (χ4v) is 2.90. The largest absolute Gasteiger partial charge is 0.493 e. The van der Waals surface area contributed by atoms with Gasteiger partial charge in [-0.25, -0.2) is 0 Å². The number of carbonyl (C=O) groups excluding carboxylic acids is 1. The van der Waals surface area contributed by atoms with Gasteiger partial charge in [0.15, 0.2) is 11.5 Å². The van der Waals surface area contributed by atoms with E-state index in [0.717, 1.165) is 43.0 Å². The van der Waals surface area contributed by atoms with Crippen LogP contribution in [0, 0.1) is 0 Å². The first-order chi connectivity index (χ1) is 11.2. The maximum atomic E-state index is 12.3. The maximum Gasteiger partial charge on any atom is 0.236 e. The van der Waals surface area contributed by atoms with Crippen molar-refractivity contribution in [3.05, 3.63) is 23.3 Å². The van der Waals surface area contributed by atoms with Gasteiger partial charge in [-0.2, -0.15) is 0 Å². The van der Waals surface area contributed by atoms with Gasteiger partial charge in [-0.05, 0) is 42.6 Å². The quantitative estimate of drug-likeness (QED) is 0.747. The first-order valence-corrected chi connectivity index (χ1v) is 8.41. The number of carbonyl (C=O) groups is 1. The molecule has 1 heterocycles. The molecule has 0 aromatic heterocycles. The highest BCUT2D eigenvalue weighted by Crippen LogP contribution is 2.33. The average Bonchev–Trinajstić information content (AvgIpc) is 2.59. The summed E-state index contributed by atoms with van der Waals surface area (Å²) < 4.78 is 10.7. The summed E-state index contributed by atoms with van der Waals surface area (Å²) in [5, 5.41) is 3.25. The molecule has 0 bridgehead atoms. The SMILES string of the molecule is CCCCCNCC(=O)N1CCc2cc(OC)c(OC)cc2C1. The van der Waals surface area contributed by atoms with Crippen molar-refractivity contribution in [3.63, 3.8) is 0 Å². The molecule has 0 fully saturated rings. The fourth-order valence-electron chi connectivity index (χ4n) is 2.90. The van der Waals surface area contributed by atoms with Crippen LogP contribution >= 0.6 is 0 Å². The van der Waals surface area contributed by atoms with Crippen molar-refractivity contribution >= 4 is 5.91 Å². The first-order valence-electron chi connectivity index (χ1n) is 8.41. The molecular weight excluding hydrogens is 292 g/mol. The van der Waals surface area contributed by atoms with Crippen molar-refractivity contribution < 1.29 is 14.3 Å². The lowest BCUT2D eigenvalue weighted by molar-refractivity contribution is -0.131. The number of ether oxygens (including phenoxy) is 2. The zero-order chi connectivity index (χ0) is 16.7. The highest BCUT2D eigenvalue weighted by atomic mass is 16.5. The average molecular weight is 320 g/mol. The number of hydrogen-bond donors (Lipinski definition) is 1. The highest BCUT2D eigenvalue weighted by molar-refractivity contribution is 5.78. The Morgan fingerprint density at radius 1 is 1.17 bits per heavy atom. The Labute approximate surface area is 139 Å². The monoisotopic (exact) mass is 320 g/mol. The number of benzene rings is 1. The van der Waals surface area contributed by atoms with Gasteiger partial charge in [0.1, 0.15) is 0 Å². The van der Waals surface area contributed by atoms with Crippen molar-refractivity contribution in [1.82, 2.24) is 10.2 Å². The summed E-state index contributed by atoms with van der Waals surface area (Å²) in [5.41, 5.74) is 2.39. The molecule has 128 valence electrons. The minimum atomic E-state index is 0.168. The van der Waals surface area contributed by atoms with Crippen LogP contribution in [0.15, 0.2) is 12.1 Å². The van der Waals surface area contributed by atoms with Gasteiger partial charge in [0.2, 0.25) is 5.91 Å². The number of nitrogens with zero attached hydrogens (tertiary/aromatic N) is 1. The Balaban J connectivity index is 1.93. The van der Waals surface area contributed by atoms with E-state index >= 15 is 0 Å². The van der Waals surface area contributed by atoms with E-state index in [9.17, 15) is 4.79 Å². The topological polar surface area (TPSA) is 50.8 Å². The molecule has 0 atom stereocenters. The number of fused-ring (bicyclic) bond motifs is 1. The molecule has 1 aliphatic rings. The van der Waals surface area contributed by atoms with Gasteiger partial charge < -0.3 is 19.7 Å². The Morgan fingerprint density at radius 2 is 1.87 bits per heavy atom. The standard InChI is InChI=1S/C18H28N2O3/c1-4-5-6-8-19-12-18(21)20-9-7-14-10-16(22-2)17(23-3)11-15(14)13-20/h10-11,19H,4-9,12-13H2,1-3H3. The highest BCUT2D eigenvalue weighted by Gasteiger charge is 2.22. The molecule has 1 aromatic carbocycles. The van der Waals surface area contributed by atoms with Gasteiger partial charge in [0.05, 0.1) is 20.8 Å². The van der Waals surface area contributed by atoms with E-state index in [1.807, 2.05) is 17.0 Å². The van der Waals surface area contributed by atoms with Gasteiger partial charge in [-0.1, -0.05) is 19.8 Å². The summed E-state index contributed by atoms with van der Waals surface area (Å²) in [4.78, 5) is 14.2. The van der Waals surface area contributed by atoms with Gasteiger partial charge in [-0.3, -0.25) is 4.79 Å². The molecule has 1 amide bonds. The zero-order valence-corrected chi connectivity index (χ0v) is 14.5. The maximum absolute atomic E-state index is 12.3. The summed E-state index contributed by atoms with van der Waals surface area (Å²) in [6.07, 6.45) is 4.39. The molecule has 2 rings (SSSR count). The smallest absolute Gasteiger partial charge is 0.236 e. The molecule has 0 saturated heterocycles. The molecule has 0 aliphatic carbocycles. The Bertz CT molecular complexity index is 531. The van der Waals surface area contributed by atoms with E-state index < -0.39 is 0 Å². The fraction of sp³-hybridized carbons (Fsp3) is 0.611. The molecule has 1 N–H and O–H groups in total. The Kier molecular flexibility index (Phi) is 6.71. The van der Waals surface area contributed by atoms with E-state index in [4.69, 9.17) is 9.47 Å². The third kappa shape index (κ3) is 4.61.